The second kappa shape index (κ2) is 9.91. The largest absolute Gasteiger partial charge is 0.452 e. The maximum absolute atomic E-state index is 12.0. The lowest BCUT2D eigenvalue weighted by Crippen LogP contribution is -2.30. The Labute approximate surface area is 156 Å². The first-order valence-corrected chi connectivity index (χ1v) is 8.51. The average Bonchev–Trinajstić information content (AvgIpc) is 2.67. The minimum Gasteiger partial charge on any atom is -0.452 e. The second-order valence-electron chi connectivity index (χ2n) is 5.68. The van der Waals surface area contributed by atoms with E-state index in [0.29, 0.717) is 25.2 Å². The smallest absolute Gasteiger partial charge is 0.338 e. The highest BCUT2D eigenvalue weighted by Crippen LogP contribution is 2.25. The van der Waals surface area contributed by atoms with E-state index in [1.54, 1.807) is 0 Å². The molecule has 0 unspecified atom stereocenters. The lowest BCUT2D eigenvalue weighted by molar-refractivity contribution is -0.384. The molecular formula is C19H21N3O5. The molecule has 0 fully saturated rings. The molecule has 2 aromatic carbocycles. The molecule has 2 aromatic rings. The number of hydrogen-bond acceptors (Lipinski definition) is 6. The van der Waals surface area contributed by atoms with Crippen LogP contribution in [0.5, 0.6) is 0 Å². The lowest BCUT2D eigenvalue weighted by Gasteiger charge is -2.08. The predicted molar refractivity (Wildman–Crippen MR) is 101 cm³/mol. The van der Waals surface area contributed by atoms with E-state index in [1.165, 1.54) is 12.1 Å². The van der Waals surface area contributed by atoms with Crippen molar-refractivity contribution in [3.8, 4) is 0 Å². The van der Waals surface area contributed by atoms with Gasteiger partial charge in [-0.1, -0.05) is 30.3 Å². The monoisotopic (exact) mass is 371 g/mol. The number of nitro benzene ring substituents is 1. The Morgan fingerprint density at radius 3 is 2.56 bits per heavy atom. The Morgan fingerprint density at radius 2 is 1.89 bits per heavy atom. The summed E-state index contributed by atoms with van der Waals surface area (Å²) in [5, 5.41) is 16.6. The van der Waals surface area contributed by atoms with Gasteiger partial charge in [-0.2, -0.15) is 0 Å². The number of carbonyl (C=O) groups excluding carboxylic acids is 2. The van der Waals surface area contributed by atoms with E-state index >= 15 is 0 Å². The normalized spacial score (nSPS) is 10.1. The number of nitro groups is 1. The molecule has 0 atom stereocenters. The number of nitrogens with zero attached hydrogens (tertiary/aromatic N) is 1. The summed E-state index contributed by atoms with van der Waals surface area (Å²) in [5.41, 5.74) is 1.19. The quantitative estimate of drug-likeness (QED) is 0.398. The highest BCUT2D eigenvalue weighted by atomic mass is 16.6. The van der Waals surface area contributed by atoms with Crippen LogP contribution in [-0.2, 0) is 16.0 Å². The van der Waals surface area contributed by atoms with Gasteiger partial charge in [-0.15, -0.1) is 0 Å². The third kappa shape index (κ3) is 6.10. The van der Waals surface area contributed by atoms with Crippen LogP contribution >= 0.6 is 0 Å². The molecule has 0 aliphatic rings. The summed E-state index contributed by atoms with van der Waals surface area (Å²) in [6.45, 7) is 2.29. The van der Waals surface area contributed by atoms with Crippen LogP contribution in [0.3, 0.4) is 0 Å². The van der Waals surface area contributed by atoms with Crippen LogP contribution in [0, 0.1) is 10.1 Å². The van der Waals surface area contributed by atoms with Crippen LogP contribution in [0.25, 0.3) is 0 Å². The number of hydrogen-bond donors (Lipinski definition) is 2. The van der Waals surface area contributed by atoms with Crippen molar-refractivity contribution in [3.63, 3.8) is 0 Å². The van der Waals surface area contributed by atoms with E-state index in [-0.39, 0.29) is 11.3 Å². The van der Waals surface area contributed by atoms with Crippen LogP contribution in [0.4, 0.5) is 11.4 Å². The van der Waals surface area contributed by atoms with Gasteiger partial charge in [0.1, 0.15) is 5.69 Å². The van der Waals surface area contributed by atoms with Crippen LogP contribution in [0.2, 0.25) is 0 Å². The molecule has 0 saturated carbocycles. The zero-order chi connectivity index (χ0) is 19.6. The highest BCUT2D eigenvalue weighted by Gasteiger charge is 2.18. The van der Waals surface area contributed by atoms with Crippen LogP contribution in [-0.4, -0.2) is 36.5 Å². The number of rotatable bonds is 9. The van der Waals surface area contributed by atoms with E-state index in [0.717, 1.165) is 11.6 Å². The molecule has 0 saturated heterocycles. The predicted octanol–water partition coefficient (Wildman–Crippen LogP) is 2.54. The Balaban J connectivity index is 1.84. The minimum atomic E-state index is -0.792. The Morgan fingerprint density at radius 1 is 1.15 bits per heavy atom. The lowest BCUT2D eigenvalue weighted by atomic mass is 10.1. The van der Waals surface area contributed by atoms with Gasteiger partial charge in [0, 0.05) is 19.2 Å². The molecule has 0 radical (unpaired) electrons. The van der Waals surface area contributed by atoms with Crippen molar-refractivity contribution in [2.24, 2.45) is 0 Å². The summed E-state index contributed by atoms with van der Waals surface area (Å²) < 4.78 is 4.93. The average molecular weight is 371 g/mol. The molecule has 0 aliphatic carbocycles. The fourth-order valence-electron chi connectivity index (χ4n) is 2.41. The van der Waals surface area contributed by atoms with Crippen LogP contribution in [0.15, 0.2) is 48.5 Å². The fourth-order valence-corrected chi connectivity index (χ4v) is 2.41. The van der Waals surface area contributed by atoms with E-state index in [1.807, 2.05) is 37.3 Å². The molecule has 0 aliphatic heterocycles. The van der Waals surface area contributed by atoms with Crippen LogP contribution in [0.1, 0.15) is 22.8 Å². The van der Waals surface area contributed by atoms with Gasteiger partial charge >= 0.3 is 5.97 Å². The van der Waals surface area contributed by atoms with E-state index in [9.17, 15) is 19.7 Å². The molecular weight excluding hydrogens is 350 g/mol. The molecule has 2 rings (SSSR count). The number of ether oxygens (including phenoxy) is 1. The Bertz CT molecular complexity index is 808. The molecule has 8 nitrogen and oxygen atoms in total. The van der Waals surface area contributed by atoms with Crippen molar-refractivity contribution in [1.82, 2.24) is 5.32 Å². The molecule has 0 heterocycles. The number of amides is 1. The number of anilines is 1. The SMILES string of the molecule is CCNc1ccc(C(=O)OCC(=O)NCCc2ccccc2)cc1[N+](=O)[O-]. The van der Waals surface area contributed by atoms with Crippen molar-refractivity contribution in [3.05, 3.63) is 69.8 Å². The minimum absolute atomic E-state index is 0.0143. The number of benzene rings is 2. The van der Waals surface area contributed by atoms with Gasteiger partial charge in [0.05, 0.1) is 10.5 Å². The van der Waals surface area contributed by atoms with Crippen LogP contribution < -0.4 is 10.6 Å². The van der Waals surface area contributed by atoms with Gasteiger partial charge in [-0.3, -0.25) is 14.9 Å². The molecule has 8 heteroatoms. The molecule has 0 bridgehead atoms. The number of nitrogens with one attached hydrogen (secondary N) is 2. The van der Waals surface area contributed by atoms with E-state index < -0.39 is 23.4 Å². The summed E-state index contributed by atoms with van der Waals surface area (Å²) in [6.07, 6.45) is 0.665. The zero-order valence-corrected chi connectivity index (χ0v) is 14.9. The molecule has 27 heavy (non-hydrogen) atoms. The van der Waals surface area contributed by atoms with Gasteiger partial charge in [0.2, 0.25) is 0 Å². The highest BCUT2D eigenvalue weighted by molar-refractivity contribution is 5.93. The molecule has 0 aromatic heterocycles. The van der Waals surface area contributed by atoms with Gasteiger partial charge < -0.3 is 15.4 Å². The molecule has 142 valence electrons. The zero-order valence-electron chi connectivity index (χ0n) is 14.9. The maximum atomic E-state index is 12.0. The van der Waals surface area contributed by atoms with Gasteiger partial charge in [-0.05, 0) is 31.0 Å². The third-order valence-electron chi connectivity index (χ3n) is 3.71. The summed E-state index contributed by atoms with van der Waals surface area (Å²) in [7, 11) is 0. The first kappa shape index (κ1) is 19.9. The molecule has 1 amide bonds. The summed E-state index contributed by atoms with van der Waals surface area (Å²) in [4.78, 5) is 34.4. The topological polar surface area (TPSA) is 111 Å². The standard InChI is InChI=1S/C19H21N3O5/c1-2-20-16-9-8-15(12-17(16)22(25)26)19(24)27-13-18(23)21-11-10-14-6-4-3-5-7-14/h3-9,12,20H,2,10-11,13H2,1H3,(H,21,23). The Hall–Kier alpha value is -3.42. The van der Waals surface area contributed by atoms with Crippen molar-refractivity contribution in [2.45, 2.75) is 13.3 Å². The summed E-state index contributed by atoms with van der Waals surface area (Å²) in [5.74, 6) is -1.22. The van der Waals surface area contributed by atoms with Gasteiger partial charge in [0.15, 0.2) is 6.61 Å². The van der Waals surface area contributed by atoms with Crippen molar-refractivity contribution in [1.29, 1.82) is 0 Å². The van der Waals surface area contributed by atoms with E-state index in [2.05, 4.69) is 10.6 Å². The van der Waals surface area contributed by atoms with Crippen molar-refractivity contribution >= 4 is 23.3 Å². The fraction of sp³-hybridized carbons (Fsp3) is 0.263. The molecule has 2 N–H and O–H groups in total. The second-order valence-corrected chi connectivity index (χ2v) is 5.68. The maximum Gasteiger partial charge on any atom is 0.338 e. The first-order chi connectivity index (χ1) is 13.0. The van der Waals surface area contributed by atoms with Crippen molar-refractivity contribution in [2.75, 3.05) is 25.0 Å². The first-order valence-electron chi connectivity index (χ1n) is 8.51. The Kier molecular flexibility index (Phi) is 7.30. The summed E-state index contributed by atoms with van der Waals surface area (Å²) >= 11 is 0. The van der Waals surface area contributed by atoms with E-state index in [4.69, 9.17) is 4.74 Å². The summed E-state index contributed by atoms with van der Waals surface area (Å²) in [6, 6.07) is 13.6. The van der Waals surface area contributed by atoms with Gasteiger partial charge in [0.25, 0.3) is 11.6 Å². The number of carbonyl (C=O) groups is 2. The third-order valence-corrected chi connectivity index (χ3v) is 3.71. The molecule has 0 spiro atoms. The van der Waals surface area contributed by atoms with Crippen molar-refractivity contribution < 1.29 is 19.2 Å². The van der Waals surface area contributed by atoms with Gasteiger partial charge in [-0.25, -0.2) is 4.79 Å². The number of esters is 1.